The molecule has 2 fully saturated rings. The van der Waals surface area contributed by atoms with Gasteiger partial charge >= 0.3 is 0 Å². The molecule has 3 aromatic rings. The first-order valence-corrected chi connectivity index (χ1v) is 11.9. The zero-order chi connectivity index (χ0) is 23.3. The molecule has 1 aliphatic carbocycles. The Morgan fingerprint density at radius 3 is 2.71 bits per heavy atom. The number of fused-ring (bicyclic) bond motifs is 2. The van der Waals surface area contributed by atoms with Gasteiger partial charge in [0.1, 0.15) is 5.82 Å². The van der Waals surface area contributed by atoms with E-state index >= 15 is 0 Å². The summed E-state index contributed by atoms with van der Waals surface area (Å²) in [7, 11) is 1.68. The summed E-state index contributed by atoms with van der Waals surface area (Å²) in [5, 5.41) is 0. The Bertz CT molecular complexity index is 1240. The largest absolute Gasteiger partial charge is 0.383 e. The van der Waals surface area contributed by atoms with Crippen molar-refractivity contribution in [2.45, 2.75) is 37.1 Å². The van der Waals surface area contributed by atoms with Gasteiger partial charge in [-0.2, -0.15) is 0 Å². The SMILES string of the molecule is COC[C@@H]1CCCN1C(=O)c1ccc2c(c1)N(c1ncc(-c3ccccc3F)cn1)CC21CC1. The molecule has 0 N–H and O–H groups in total. The topological polar surface area (TPSA) is 58.6 Å². The fourth-order valence-corrected chi connectivity index (χ4v) is 5.50. The number of ether oxygens (including phenoxy) is 1. The number of rotatable bonds is 5. The van der Waals surface area contributed by atoms with Crippen molar-refractivity contribution in [3.8, 4) is 11.1 Å². The van der Waals surface area contributed by atoms with E-state index < -0.39 is 0 Å². The van der Waals surface area contributed by atoms with Crippen LogP contribution in [0.25, 0.3) is 11.1 Å². The van der Waals surface area contributed by atoms with E-state index in [0.29, 0.717) is 29.2 Å². The van der Waals surface area contributed by atoms with Crippen LogP contribution in [0.15, 0.2) is 54.9 Å². The Morgan fingerprint density at radius 2 is 1.97 bits per heavy atom. The van der Waals surface area contributed by atoms with Gasteiger partial charge in [0, 0.05) is 60.4 Å². The van der Waals surface area contributed by atoms with E-state index in [-0.39, 0.29) is 23.2 Å². The summed E-state index contributed by atoms with van der Waals surface area (Å²) in [6, 6.07) is 12.9. The smallest absolute Gasteiger partial charge is 0.254 e. The standard InChI is InChI=1S/C27H27FN4O2/c1-34-16-20-5-4-12-31(20)25(33)18-8-9-22-24(13-18)32(17-27(22)10-11-27)26-29-14-19(15-30-26)21-6-2-3-7-23(21)28/h2-3,6-9,13-15,20H,4-5,10-12,16-17H2,1H3/t20-/m0/s1. The third-order valence-electron chi connectivity index (χ3n) is 7.48. The van der Waals surface area contributed by atoms with Gasteiger partial charge < -0.3 is 14.5 Å². The van der Waals surface area contributed by atoms with E-state index in [1.807, 2.05) is 17.0 Å². The Labute approximate surface area is 198 Å². The minimum absolute atomic E-state index is 0.0508. The van der Waals surface area contributed by atoms with E-state index in [9.17, 15) is 9.18 Å². The molecule has 2 aromatic carbocycles. The molecule has 6 nitrogen and oxygen atoms in total. The van der Waals surface area contributed by atoms with Crippen LogP contribution < -0.4 is 4.90 Å². The number of hydrogen-bond donors (Lipinski definition) is 0. The maximum atomic E-state index is 14.2. The Morgan fingerprint density at radius 1 is 1.18 bits per heavy atom. The number of methoxy groups -OCH3 is 1. The molecule has 1 atom stereocenters. The number of amides is 1. The summed E-state index contributed by atoms with van der Waals surface area (Å²) in [4.78, 5) is 26.6. The number of hydrogen-bond acceptors (Lipinski definition) is 5. The van der Waals surface area contributed by atoms with Crippen LogP contribution >= 0.6 is 0 Å². The predicted octanol–water partition coefficient (Wildman–Crippen LogP) is 4.72. The minimum Gasteiger partial charge on any atom is -0.383 e. The fraction of sp³-hybridized carbons (Fsp3) is 0.370. The highest BCUT2D eigenvalue weighted by Crippen LogP contribution is 2.57. The minimum atomic E-state index is -0.292. The van der Waals surface area contributed by atoms with Gasteiger partial charge in [-0.3, -0.25) is 4.79 Å². The van der Waals surface area contributed by atoms with Crippen LogP contribution in [0.4, 0.5) is 16.0 Å². The number of anilines is 2. The molecule has 7 heteroatoms. The van der Waals surface area contributed by atoms with Crippen molar-refractivity contribution < 1.29 is 13.9 Å². The van der Waals surface area contributed by atoms with Crippen LogP contribution in [0.1, 0.15) is 41.6 Å². The van der Waals surface area contributed by atoms with E-state index in [0.717, 1.165) is 44.5 Å². The summed E-state index contributed by atoms with van der Waals surface area (Å²) >= 11 is 0. The zero-order valence-corrected chi connectivity index (χ0v) is 19.2. The van der Waals surface area contributed by atoms with Crippen molar-refractivity contribution >= 4 is 17.5 Å². The molecule has 1 amide bonds. The molecule has 1 saturated carbocycles. The second-order valence-electron chi connectivity index (χ2n) is 9.60. The first kappa shape index (κ1) is 21.2. The van der Waals surface area contributed by atoms with Gasteiger partial charge in [-0.25, -0.2) is 14.4 Å². The number of benzene rings is 2. The van der Waals surface area contributed by atoms with Gasteiger partial charge in [0.15, 0.2) is 0 Å². The van der Waals surface area contributed by atoms with Gasteiger partial charge in [0.25, 0.3) is 5.91 Å². The highest BCUT2D eigenvalue weighted by molar-refractivity contribution is 5.96. The lowest BCUT2D eigenvalue weighted by Crippen LogP contribution is -2.38. The lowest BCUT2D eigenvalue weighted by molar-refractivity contribution is 0.0630. The molecule has 0 unspecified atom stereocenters. The van der Waals surface area contributed by atoms with Crippen LogP contribution in [0.2, 0.25) is 0 Å². The van der Waals surface area contributed by atoms with E-state index in [4.69, 9.17) is 4.74 Å². The number of carbonyl (C=O) groups excluding carboxylic acids is 1. The molecule has 174 valence electrons. The highest BCUT2D eigenvalue weighted by atomic mass is 19.1. The fourth-order valence-electron chi connectivity index (χ4n) is 5.50. The van der Waals surface area contributed by atoms with Gasteiger partial charge in [0.05, 0.1) is 12.6 Å². The third-order valence-corrected chi connectivity index (χ3v) is 7.48. The maximum Gasteiger partial charge on any atom is 0.254 e. The predicted molar refractivity (Wildman–Crippen MR) is 128 cm³/mol. The summed E-state index contributed by atoms with van der Waals surface area (Å²) in [5.41, 5.74) is 4.21. The van der Waals surface area contributed by atoms with Crippen LogP contribution in [0.5, 0.6) is 0 Å². The zero-order valence-electron chi connectivity index (χ0n) is 19.2. The van der Waals surface area contributed by atoms with Crippen LogP contribution in [0, 0.1) is 5.82 Å². The normalized spacial score (nSPS) is 20.1. The van der Waals surface area contributed by atoms with Crippen molar-refractivity contribution in [3.05, 3.63) is 71.8 Å². The number of carbonyl (C=O) groups is 1. The summed E-state index contributed by atoms with van der Waals surface area (Å²) in [6.07, 6.45) is 7.57. The molecule has 1 saturated heterocycles. The van der Waals surface area contributed by atoms with Crippen molar-refractivity contribution in [1.82, 2.24) is 14.9 Å². The molecular formula is C27H27FN4O2. The molecule has 3 aliphatic rings. The third kappa shape index (κ3) is 3.46. The monoisotopic (exact) mass is 458 g/mol. The van der Waals surface area contributed by atoms with Crippen LogP contribution in [-0.4, -0.2) is 53.6 Å². The Kier molecular flexibility index (Phi) is 5.10. The van der Waals surface area contributed by atoms with E-state index in [2.05, 4.69) is 20.9 Å². The van der Waals surface area contributed by atoms with Crippen molar-refractivity contribution in [3.63, 3.8) is 0 Å². The molecular weight excluding hydrogens is 431 g/mol. The Hall–Kier alpha value is -3.32. The van der Waals surface area contributed by atoms with Crippen molar-refractivity contribution in [1.29, 1.82) is 0 Å². The number of likely N-dealkylation sites (tertiary alicyclic amines) is 1. The molecule has 1 aromatic heterocycles. The molecule has 1 spiro atoms. The highest BCUT2D eigenvalue weighted by Gasteiger charge is 2.52. The average Bonchev–Trinajstić information content (AvgIpc) is 3.37. The van der Waals surface area contributed by atoms with Crippen LogP contribution in [0.3, 0.4) is 0 Å². The number of nitrogens with zero attached hydrogens (tertiary/aromatic N) is 4. The lowest BCUT2D eigenvalue weighted by Gasteiger charge is -2.25. The molecule has 6 rings (SSSR count). The van der Waals surface area contributed by atoms with E-state index in [1.165, 1.54) is 11.6 Å². The van der Waals surface area contributed by atoms with Gasteiger partial charge in [0.2, 0.25) is 5.95 Å². The van der Waals surface area contributed by atoms with Gasteiger partial charge in [-0.15, -0.1) is 0 Å². The average molecular weight is 459 g/mol. The summed E-state index contributed by atoms with van der Waals surface area (Å²) in [5.74, 6) is 0.335. The van der Waals surface area contributed by atoms with E-state index in [1.54, 1.807) is 37.7 Å². The molecule has 34 heavy (non-hydrogen) atoms. The van der Waals surface area contributed by atoms with Gasteiger partial charge in [-0.1, -0.05) is 24.3 Å². The number of halogens is 1. The summed E-state index contributed by atoms with van der Waals surface area (Å²) in [6.45, 7) is 2.13. The second-order valence-corrected chi connectivity index (χ2v) is 9.60. The first-order valence-electron chi connectivity index (χ1n) is 11.9. The second kappa shape index (κ2) is 8.17. The molecule has 2 aliphatic heterocycles. The van der Waals surface area contributed by atoms with Gasteiger partial charge in [-0.05, 0) is 49.4 Å². The van der Waals surface area contributed by atoms with Crippen molar-refractivity contribution in [2.75, 3.05) is 31.7 Å². The Balaban J connectivity index is 1.32. The molecule has 0 radical (unpaired) electrons. The summed E-state index contributed by atoms with van der Waals surface area (Å²) < 4.78 is 19.5. The van der Waals surface area contributed by atoms with Crippen molar-refractivity contribution in [2.24, 2.45) is 0 Å². The lowest BCUT2D eigenvalue weighted by atomic mass is 9.97. The van der Waals surface area contributed by atoms with Crippen LogP contribution in [-0.2, 0) is 10.2 Å². The number of aromatic nitrogens is 2. The molecule has 0 bridgehead atoms. The first-order chi connectivity index (χ1) is 16.6. The maximum absolute atomic E-state index is 14.2. The quantitative estimate of drug-likeness (QED) is 0.554. The molecule has 3 heterocycles.